The fourth-order valence-electron chi connectivity index (χ4n) is 3.73. The molecule has 3 rings (SSSR count). The van der Waals surface area contributed by atoms with E-state index in [4.69, 9.17) is 15.6 Å². The molecule has 0 aliphatic heterocycles. The number of carbonyl (C=O) groups excluding carboxylic acids is 1. The Bertz CT molecular complexity index is 765. The van der Waals surface area contributed by atoms with E-state index in [9.17, 15) is 4.79 Å². The van der Waals surface area contributed by atoms with Crippen LogP contribution < -0.4 is 11.1 Å². The summed E-state index contributed by atoms with van der Waals surface area (Å²) in [5, 5.41) is 10.8. The zero-order chi connectivity index (χ0) is 20.0. The van der Waals surface area contributed by atoms with Crippen molar-refractivity contribution in [1.29, 1.82) is 0 Å². The van der Waals surface area contributed by atoms with Gasteiger partial charge in [-0.05, 0) is 41.6 Å². The average Bonchev–Trinajstić information content (AvgIpc) is 2.90. The van der Waals surface area contributed by atoms with Gasteiger partial charge < -0.3 is 16.2 Å². The summed E-state index contributed by atoms with van der Waals surface area (Å²) in [5.74, 6) is -1.08. The predicted octanol–water partition coefficient (Wildman–Crippen LogP) is 3.31. The van der Waals surface area contributed by atoms with E-state index in [1.165, 1.54) is 0 Å². The minimum absolute atomic E-state index is 0.251. The molecule has 0 saturated carbocycles. The van der Waals surface area contributed by atoms with Gasteiger partial charge in [-0.3, -0.25) is 9.59 Å². The van der Waals surface area contributed by atoms with Gasteiger partial charge in [-0.15, -0.1) is 0 Å². The van der Waals surface area contributed by atoms with Gasteiger partial charge >= 0.3 is 0 Å². The first-order chi connectivity index (χ1) is 12.8. The fraction of sp³-hybridized carbons (Fsp3) is 0.364. The topological polar surface area (TPSA) is 92.4 Å². The standard InChI is InChI=1S/C20H24N2O.C2H4O2/c1-14(2)22-13-7-12-20(19(21)23)17-10-5-3-8-15(17)16-9-4-6-11-18(16)20;1-2(3)4/h3-6,8-11,14,22H,7,12-13H2,1-2H3,(H2,21,23);1H3,(H,3,4). The van der Waals surface area contributed by atoms with Crippen LogP contribution in [-0.2, 0) is 15.0 Å². The highest BCUT2D eigenvalue weighted by molar-refractivity contribution is 5.99. The molecule has 2 aromatic carbocycles. The maximum absolute atomic E-state index is 12.6. The van der Waals surface area contributed by atoms with Gasteiger partial charge in [0, 0.05) is 13.0 Å². The molecule has 2 aromatic rings. The van der Waals surface area contributed by atoms with E-state index in [1.807, 2.05) is 24.3 Å². The van der Waals surface area contributed by atoms with Gasteiger partial charge in [0.2, 0.25) is 5.91 Å². The van der Waals surface area contributed by atoms with E-state index in [2.05, 4.69) is 43.4 Å². The van der Waals surface area contributed by atoms with Crippen LogP contribution in [0.1, 0.15) is 44.7 Å². The molecular weight excluding hydrogens is 340 g/mol. The Hall–Kier alpha value is -2.66. The minimum atomic E-state index is -0.833. The van der Waals surface area contributed by atoms with Crippen molar-refractivity contribution in [3.8, 4) is 11.1 Å². The first-order valence-electron chi connectivity index (χ1n) is 9.23. The third-order valence-corrected chi connectivity index (χ3v) is 4.77. The molecule has 1 aliphatic rings. The molecule has 0 atom stereocenters. The lowest BCUT2D eigenvalue weighted by molar-refractivity contribution is -0.134. The monoisotopic (exact) mass is 368 g/mol. The summed E-state index contributed by atoms with van der Waals surface area (Å²) in [4.78, 5) is 21.6. The number of fused-ring (bicyclic) bond motifs is 3. The predicted molar refractivity (Wildman–Crippen MR) is 108 cm³/mol. The minimum Gasteiger partial charge on any atom is -0.481 e. The summed E-state index contributed by atoms with van der Waals surface area (Å²) < 4.78 is 0. The Kier molecular flexibility index (Phi) is 6.75. The van der Waals surface area contributed by atoms with Gasteiger partial charge in [0.05, 0.1) is 5.41 Å². The van der Waals surface area contributed by atoms with Gasteiger partial charge in [0.15, 0.2) is 0 Å². The molecule has 1 aliphatic carbocycles. The number of nitrogens with one attached hydrogen (secondary N) is 1. The largest absolute Gasteiger partial charge is 0.481 e. The summed E-state index contributed by atoms with van der Waals surface area (Å²) in [6.45, 7) is 6.23. The summed E-state index contributed by atoms with van der Waals surface area (Å²) >= 11 is 0. The fourth-order valence-corrected chi connectivity index (χ4v) is 3.73. The van der Waals surface area contributed by atoms with Crippen molar-refractivity contribution < 1.29 is 14.7 Å². The van der Waals surface area contributed by atoms with Crippen molar-refractivity contribution in [2.24, 2.45) is 5.73 Å². The van der Waals surface area contributed by atoms with Crippen molar-refractivity contribution in [3.63, 3.8) is 0 Å². The number of amides is 1. The molecule has 0 fully saturated rings. The molecule has 5 nitrogen and oxygen atoms in total. The lowest BCUT2D eigenvalue weighted by Crippen LogP contribution is -2.41. The van der Waals surface area contributed by atoms with Gasteiger partial charge in [0.25, 0.3) is 5.97 Å². The highest BCUT2D eigenvalue weighted by Gasteiger charge is 2.47. The molecule has 0 unspecified atom stereocenters. The number of hydrogen-bond acceptors (Lipinski definition) is 3. The van der Waals surface area contributed by atoms with Crippen LogP contribution in [0, 0.1) is 0 Å². The van der Waals surface area contributed by atoms with Gasteiger partial charge in [-0.25, -0.2) is 0 Å². The van der Waals surface area contributed by atoms with Gasteiger partial charge in [-0.2, -0.15) is 0 Å². The Morgan fingerprint density at radius 3 is 1.89 bits per heavy atom. The number of nitrogens with two attached hydrogens (primary N) is 1. The van der Waals surface area contributed by atoms with Crippen molar-refractivity contribution >= 4 is 11.9 Å². The summed E-state index contributed by atoms with van der Waals surface area (Å²) in [7, 11) is 0. The smallest absolute Gasteiger partial charge is 0.300 e. The molecule has 27 heavy (non-hydrogen) atoms. The molecule has 0 spiro atoms. The van der Waals surface area contributed by atoms with E-state index in [0.717, 1.165) is 48.6 Å². The first kappa shape index (κ1) is 20.6. The number of hydrogen-bond donors (Lipinski definition) is 3. The van der Waals surface area contributed by atoms with E-state index in [0.29, 0.717) is 6.04 Å². The van der Waals surface area contributed by atoms with Crippen LogP contribution in [0.4, 0.5) is 0 Å². The van der Waals surface area contributed by atoms with E-state index in [-0.39, 0.29) is 5.91 Å². The van der Waals surface area contributed by atoms with Crippen LogP contribution in [0.25, 0.3) is 11.1 Å². The van der Waals surface area contributed by atoms with Crippen LogP contribution in [0.3, 0.4) is 0 Å². The molecule has 0 bridgehead atoms. The quantitative estimate of drug-likeness (QED) is 0.682. The lowest BCUT2D eigenvalue weighted by Gasteiger charge is -2.29. The molecule has 0 heterocycles. The summed E-state index contributed by atoms with van der Waals surface area (Å²) in [6.07, 6.45) is 1.64. The first-order valence-corrected chi connectivity index (χ1v) is 9.23. The van der Waals surface area contributed by atoms with Crippen LogP contribution in [0.15, 0.2) is 48.5 Å². The Morgan fingerprint density at radius 1 is 1.04 bits per heavy atom. The highest BCUT2D eigenvalue weighted by Crippen LogP contribution is 2.50. The zero-order valence-electron chi connectivity index (χ0n) is 16.2. The number of primary amides is 1. The van der Waals surface area contributed by atoms with Crippen molar-refractivity contribution in [1.82, 2.24) is 5.32 Å². The summed E-state index contributed by atoms with van der Waals surface area (Å²) in [6, 6.07) is 16.8. The number of carboxylic acid groups (broad SMARTS) is 1. The van der Waals surface area contributed by atoms with Crippen LogP contribution in [0.5, 0.6) is 0 Å². The van der Waals surface area contributed by atoms with Gasteiger partial charge in [-0.1, -0.05) is 62.4 Å². The molecule has 0 radical (unpaired) electrons. The second-order valence-electron chi connectivity index (χ2n) is 7.09. The lowest BCUT2D eigenvalue weighted by atomic mass is 9.74. The number of carboxylic acids is 1. The van der Waals surface area contributed by atoms with Crippen molar-refractivity contribution in [2.75, 3.05) is 6.54 Å². The summed E-state index contributed by atoms with van der Waals surface area (Å²) in [5.41, 5.74) is 9.63. The Morgan fingerprint density at radius 2 is 1.48 bits per heavy atom. The van der Waals surface area contributed by atoms with E-state index >= 15 is 0 Å². The second-order valence-corrected chi connectivity index (χ2v) is 7.09. The van der Waals surface area contributed by atoms with E-state index in [1.54, 1.807) is 0 Å². The van der Waals surface area contributed by atoms with Crippen LogP contribution in [-0.4, -0.2) is 29.6 Å². The molecule has 5 heteroatoms. The molecule has 0 saturated heterocycles. The SMILES string of the molecule is CC(=O)O.CC(C)NCCCC1(C(N)=O)c2ccccc2-c2ccccc21. The molecule has 1 amide bonds. The molecular formula is C22H28N2O3. The maximum atomic E-state index is 12.6. The zero-order valence-corrected chi connectivity index (χ0v) is 16.2. The second kappa shape index (κ2) is 8.82. The molecule has 144 valence electrons. The normalized spacial score (nSPS) is 13.3. The van der Waals surface area contributed by atoms with Gasteiger partial charge in [0.1, 0.15) is 0 Å². The number of rotatable bonds is 6. The third-order valence-electron chi connectivity index (χ3n) is 4.77. The number of aliphatic carboxylic acids is 1. The molecule has 0 aromatic heterocycles. The molecule has 4 N–H and O–H groups in total. The third kappa shape index (κ3) is 4.37. The Balaban J connectivity index is 0.000000596. The number of carbonyl (C=O) groups is 2. The van der Waals surface area contributed by atoms with Crippen LogP contribution in [0.2, 0.25) is 0 Å². The number of benzene rings is 2. The van der Waals surface area contributed by atoms with Crippen molar-refractivity contribution in [2.45, 2.75) is 45.1 Å². The van der Waals surface area contributed by atoms with Crippen LogP contribution >= 0.6 is 0 Å². The van der Waals surface area contributed by atoms with Crippen molar-refractivity contribution in [3.05, 3.63) is 59.7 Å². The van der Waals surface area contributed by atoms with E-state index < -0.39 is 11.4 Å². The maximum Gasteiger partial charge on any atom is 0.300 e. The Labute approximate surface area is 160 Å². The average molecular weight is 368 g/mol. The highest BCUT2D eigenvalue weighted by atomic mass is 16.4.